The van der Waals surface area contributed by atoms with Gasteiger partial charge in [0.25, 0.3) is 5.91 Å². The highest BCUT2D eigenvalue weighted by atomic mass is 35.5. The van der Waals surface area contributed by atoms with Gasteiger partial charge in [-0.05, 0) is 76.8 Å². The summed E-state index contributed by atoms with van der Waals surface area (Å²) in [5, 5.41) is 20.7. The molecule has 4 aromatic heterocycles. The number of para-hydroxylation sites is 1. The van der Waals surface area contributed by atoms with Crippen LogP contribution in [-0.2, 0) is 9.59 Å². The molecule has 332 valence electrons. The number of aliphatic imine (C=N–C) groups is 1. The van der Waals surface area contributed by atoms with Crippen LogP contribution in [0.3, 0.4) is 0 Å². The van der Waals surface area contributed by atoms with Crippen LogP contribution in [0.25, 0.3) is 5.00 Å². The number of piperazine rings is 1. The summed E-state index contributed by atoms with van der Waals surface area (Å²) >= 11 is 15.4. The second-order valence-corrected chi connectivity index (χ2v) is 18.9. The first-order chi connectivity index (χ1) is 30.8. The minimum absolute atomic E-state index is 0.118. The Kier molecular flexibility index (Phi) is 13.7. The van der Waals surface area contributed by atoms with E-state index in [1.54, 1.807) is 17.4 Å². The molecule has 0 radical (unpaired) electrons. The normalized spacial score (nSPS) is 14.7. The predicted octanol–water partition coefficient (Wildman–Crippen LogP) is 8.73. The molecule has 0 spiro atoms. The van der Waals surface area contributed by atoms with Crippen molar-refractivity contribution in [3.05, 3.63) is 114 Å². The minimum Gasteiger partial charge on any atom is -0.356 e. The van der Waals surface area contributed by atoms with Crippen LogP contribution in [0.5, 0.6) is 0 Å². The van der Waals surface area contributed by atoms with E-state index in [9.17, 15) is 14.4 Å². The highest BCUT2D eigenvalue weighted by Crippen LogP contribution is 2.40. The Morgan fingerprint density at radius 2 is 1.67 bits per heavy atom. The van der Waals surface area contributed by atoms with Gasteiger partial charge in [0.05, 0.1) is 29.0 Å². The second kappa shape index (κ2) is 19.6. The van der Waals surface area contributed by atoms with E-state index in [1.807, 2.05) is 72.7 Å². The molecular weight excluding hydrogens is 892 g/mol. The van der Waals surface area contributed by atoms with Crippen molar-refractivity contribution in [2.45, 2.75) is 72.8 Å². The van der Waals surface area contributed by atoms with E-state index >= 15 is 0 Å². The number of carbonyl (C=O) groups is 3. The monoisotopic (exact) mass is 938 g/mol. The highest BCUT2D eigenvalue weighted by molar-refractivity contribution is 7.17. The molecule has 19 heteroatoms. The third-order valence-corrected chi connectivity index (χ3v) is 14.0. The van der Waals surface area contributed by atoms with Crippen molar-refractivity contribution < 1.29 is 14.4 Å². The van der Waals surface area contributed by atoms with Crippen molar-refractivity contribution in [2.75, 3.05) is 48.3 Å². The van der Waals surface area contributed by atoms with Gasteiger partial charge in [-0.15, -0.1) is 21.5 Å². The van der Waals surface area contributed by atoms with E-state index in [-0.39, 0.29) is 24.1 Å². The number of unbranched alkanes of at least 4 members (excludes halogenated alkanes) is 2. The number of rotatable bonds is 14. The Morgan fingerprint density at radius 1 is 0.891 bits per heavy atom. The van der Waals surface area contributed by atoms with Crippen molar-refractivity contribution in [1.82, 2.24) is 39.9 Å². The van der Waals surface area contributed by atoms with Crippen molar-refractivity contribution in [3.8, 4) is 5.00 Å². The molecule has 1 saturated heterocycles. The number of nitrogens with zero attached hydrogens (tertiary/aromatic N) is 9. The highest BCUT2D eigenvalue weighted by Gasteiger charge is 2.32. The number of carbonyl (C=O) groups excluding carboxylic acids is 3. The molecule has 0 aliphatic carbocycles. The molecule has 2 aliphatic rings. The molecule has 6 heterocycles. The summed E-state index contributed by atoms with van der Waals surface area (Å²) in [6.07, 6.45) is 4.38. The lowest BCUT2D eigenvalue weighted by Crippen LogP contribution is -2.49. The molecule has 3 N–H and O–H groups in total. The number of hydrogen-bond acceptors (Lipinski definition) is 13. The first kappa shape index (κ1) is 44.8. The van der Waals surface area contributed by atoms with Crippen molar-refractivity contribution in [2.24, 2.45) is 4.99 Å². The van der Waals surface area contributed by atoms with Crippen molar-refractivity contribution >= 4 is 91.8 Å². The number of halogens is 2. The average molecular weight is 940 g/mol. The van der Waals surface area contributed by atoms with Crippen LogP contribution in [0.4, 0.5) is 22.5 Å². The molecule has 1 fully saturated rings. The number of fused-ring (bicyclic) bond motifs is 3. The van der Waals surface area contributed by atoms with Gasteiger partial charge in [-0.1, -0.05) is 65.2 Å². The number of benzene rings is 2. The lowest BCUT2D eigenvalue weighted by molar-refractivity contribution is -0.131. The lowest BCUT2D eigenvalue weighted by atomic mass is 9.99. The SMILES string of the molecule is Cc1nc(Nc2ncc(C(=O)Nc3c(C)cccc3Cl)s2)cc(N2CCN(C(=O)CCCCCNC(=O)C[C@@H]3N=C(c4ccc(Cl)cc4)c4c(sc(C)c4C)-n4c(C)nnc43)CC2)n1. The van der Waals surface area contributed by atoms with E-state index in [0.29, 0.717) is 82.4 Å². The standard InChI is InChI=1S/C45H48Cl2N12O3S2/c1-25-10-9-11-32(47)40(25)54-43(62)34-24-49-45(64-34)53-35-23-36(51-28(4)50-35)57-18-20-58(21-19-57)38(61)12-7-6-8-17-48-37(60)22-33-42-56-55-29(5)59(42)44-39(26(2)27(3)63-44)41(52-33)30-13-15-31(46)16-14-30/h9-11,13-16,23-24,33H,6-8,12,17-22H2,1-5H3,(H,48,60)(H,54,62)(H,49,50,51,53)/t33-/m0/s1. The summed E-state index contributed by atoms with van der Waals surface area (Å²) in [5.74, 6) is 2.98. The van der Waals surface area contributed by atoms with Gasteiger partial charge in [0.2, 0.25) is 11.8 Å². The van der Waals surface area contributed by atoms with Crippen LogP contribution in [0, 0.1) is 34.6 Å². The van der Waals surface area contributed by atoms with Crippen LogP contribution < -0.4 is 20.9 Å². The smallest absolute Gasteiger partial charge is 0.267 e. The molecule has 0 bridgehead atoms. The fraction of sp³-hybridized carbons (Fsp3) is 0.356. The van der Waals surface area contributed by atoms with Crippen molar-refractivity contribution in [1.29, 1.82) is 0 Å². The van der Waals surface area contributed by atoms with Crippen LogP contribution in [0.1, 0.15) is 92.4 Å². The number of anilines is 4. The Hall–Kier alpha value is -5.75. The molecule has 15 nitrogen and oxygen atoms in total. The van der Waals surface area contributed by atoms with Gasteiger partial charge in [0.1, 0.15) is 39.2 Å². The van der Waals surface area contributed by atoms with Gasteiger partial charge in [-0.3, -0.25) is 23.9 Å². The van der Waals surface area contributed by atoms with E-state index in [2.05, 4.69) is 59.8 Å². The first-order valence-electron chi connectivity index (χ1n) is 21.1. The number of thiazole rings is 1. The number of hydrogen-bond donors (Lipinski definition) is 3. The lowest BCUT2D eigenvalue weighted by Gasteiger charge is -2.35. The summed E-state index contributed by atoms with van der Waals surface area (Å²) in [5.41, 5.74) is 5.33. The zero-order valence-electron chi connectivity index (χ0n) is 36.2. The van der Waals surface area contributed by atoms with E-state index < -0.39 is 6.04 Å². The second-order valence-electron chi connectivity index (χ2n) is 15.8. The van der Waals surface area contributed by atoms with E-state index in [1.165, 1.54) is 22.4 Å². The van der Waals surface area contributed by atoms with Crippen LogP contribution in [0.15, 0.2) is 59.7 Å². The number of aryl methyl sites for hydroxylation is 4. The maximum atomic E-state index is 13.4. The maximum absolute atomic E-state index is 13.4. The third kappa shape index (κ3) is 9.97. The Morgan fingerprint density at radius 3 is 2.44 bits per heavy atom. The first-order valence-corrected chi connectivity index (χ1v) is 23.5. The Bertz CT molecular complexity index is 2720. The van der Waals surface area contributed by atoms with Gasteiger partial charge in [-0.25, -0.2) is 15.0 Å². The summed E-state index contributed by atoms with van der Waals surface area (Å²) in [7, 11) is 0. The summed E-state index contributed by atoms with van der Waals surface area (Å²) in [6.45, 7) is 12.8. The summed E-state index contributed by atoms with van der Waals surface area (Å²) in [6, 6.07) is 14.4. The summed E-state index contributed by atoms with van der Waals surface area (Å²) in [4.78, 5) is 64.0. The Balaban J connectivity index is 0.786. The topological polar surface area (TPSA) is 176 Å². The van der Waals surface area contributed by atoms with Gasteiger partial charge in [-0.2, -0.15) is 0 Å². The quantitative estimate of drug-likeness (QED) is 0.0896. The molecule has 2 aromatic carbocycles. The van der Waals surface area contributed by atoms with Gasteiger partial charge < -0.3 is 25.8 Å². The fourth-order valence-electron chi connectivity index (χ4n) is 7.82. The molecule has 0 saturated carbocycles. The van der Waals surface area contributed by atoms with Gasteiger partial charge in [0.15, 0.2) is 11.0 Å². The minimum atomic E-state index is -0.536. The largest absolute Gasteiger partial charge is 0.356 e. The maximum Gasteiger partial charge on any atom is 0.267 e. The molecule has 3 amide bonds. The molecule has 8 rings (SSSR count). The van der Waals surface area contributed by atoms with Crippen LogP contribution >= 0.6 is 45.9 Å². The molecule has 1 atom stereocenters. The number of amides is 3. The van der Waals surface area contributed by atoms with E-state index in [4.69, 9.17) is 28.2 Å². The number of aromatic nitrogens is 6. The molecule has 0 unspecified atom stereocenters. The fourth-order valence-corrected chi connectivity index (χ4v) is 10.1. The zero-order valence-corrected chi connectivity index (χ0v) is 39.3. The van der Waals surface area contributed by atoms with Gasteiger partial charge in [0, 0.05) is 66.2 Å². The average Bonchev–Trinajstić information content (AvgIpc) is 3.96. The third-order valence-electron chi connectivity index (χ3n) is 11.3. The number of thiophene rings is 1. The molecular formula is C45H48Cl2N12O3S2. The summed E-state index contributed by atoms with van der Waals surface area (Å²) < 4.78 is 2.04. The molecule has 64 heavy (non-hydrogen) atoms. The number of nitrogens with one attached hydrogen (secondary N) is 3. The van der Waals surface area contributed by atoms with Gasteiger partial charge >= 0.3 is 0 Å². The van der Waals surface area contributed by atoms with Crippen LogP contribution in [0.2, 0.25) is 10.0 Å². The molecule has 6 aromatic rings. The van der Waals surface area contributed by atoms with Crippen molar-refractivity contribution in [3.63, 3.8) is 0 Å². The Labute approximate surface area is 389 Å². The van der Waals surface area contributed by atoms with E-state index in [0.717, 1.165) is 63.9 Å². The van der Waals surface area contributed by atoms with Crippen LogP contribution in [-0.4, -0.2) is 90.8 Å². The predicted molar refractivity (Wildman–Crippen MR) is 254 cm³/mol. The zero-order chi connectivity index (χ0) is 45.1. The molecule has 2 aliphatic heterocycles.